The summed E-state index contributed by atoms with van der Waals surface area (Å²) >= 11 is 0. The minimum atomic E-state index is -0.354. The minimum Gasteiger partial charge on any atom is -0.462 e. The highest BCUT2D eigenvalue weighted by atomic mass is 16.5. The summed E-state index contributed by atoms with van der Waals surface area (Å²) in [7, 11) is 0. The number of hydrogen-bond acceptors (Lipinski definition) is 4. The molecule has 0 aliphatic heterocycles. The maximum absolute atomic E-state index is 11.8. The number of nitrogens with one attached hydrogen (secondary N) is 1. The van der Waals surface area contributed by atoms with E-state index in [9.17, 15) is 9.59 Å². The number of carbonyl (C=O) groups excluding carboxylic acids is 2. The van der Waals surface area contributed by atoms with Gasteiger partial charge in [-0.2, -0.15) is 0 Å². The van der Waals surface area contributed by atoms with Gasteiger partial charge in [0.2, 0.25) is 5.91 Å². The average Bonchev–Trinajstić information content (AvgIpc) is 2.49. The van der Waals surface area contributed by atoms with E-state index in [1.54, 1.807) is 37.3 Å². The van der Waals surface area contributed by atoms with Crippen LogP contribution in [0, 0.1) is 0 Å². The van der Waals surface area contributed by atoms with Crippen LogP contribution in [0.5, 0.6) is 0 Å². The van der Waals surface area contributed by atoms with Crippen LogP contribution in [0.3, 0.4) is 0 Å². The Hall–Kier alpha value is -2.82. The van der Waals surface area contributed by atoms with Crippen LogP contribution in [0.15, 0.2) is 42.5 Å². The van der Waals surface area contributed by atoms with Crippen molar-refractivity contribution in [1.29, 1.82) is 0 Å². The highest BCUT2D eigenvalue weighted by Gasteiger charge is 2.09. The van der Waals surface area contributed by atoms with E-state index in [2.05, 4.69) is 5.32 Å². The van der Waals surface area contributed by atoms with Gasteiger partial charge in [0.05, 0.1) is 23.5 Å². The third-order valence-electron chi connectivity index (χ3n) is 3.07. The molecule has 0 saturated carbocycles. The Bertz CT molecular complexity index is 711. The lowest BCUT2D eigenvalue weighted by Gasteiger charge is -2.10. The van der Waals surface area contributed by atoms with E-state index in [0.29, 0.717) is 23.5 Å². The molecule has 0 fully saturated rings. The molecule has 0 atom stereocenters. The number of carbonyl (C=O) groups is 2. The molecule has 0 aliphatic rings. The van der Waals surface area contributed by atoms with Crippen molar-refractivity contribution in [2.24, 2.45) is 0 Å². The van der Waals surface area contributed by atoms with E-state index in [1.165, 1.54) is 6.92 Å². The largest absolute Gasteiger partial charge is 0.462 e. The standard InChI is InChI=1S/C17H18N2O3/c1-3-22-17(21)14-6-4-5-12(9-14)13-7-8-16(15(18)10-13)19-11(2)20/h4-10H,3,18H2,1-2H3,(H,19,20). The van der Waals surface area contributed by atoms with Crippen molar-refractivity contribution in [2.45, 2.75) is 13.8 Å². The van der Waals surface area contributed by atoms with Gasteiger partial charge in [-0.3, -0.25) is 4.79 Å². The quantitative estimate of drug-likeness (QED) is 0.671. The van der Waals surface area contributed by atoms with E-state index in [4.69, 9.17) is 10.5 Å². The molecule has 0 radical (unpaired) electrons. The van der Waals surface area contributed by atoms with Gasteiger partial charge in [0.15, 0.2) is 0 Å². The molecule has 0 unspecified atom stereocenters. The molecule has 5 heteroatoms. The van der Waals surface area contributed by atoms with Crippen LogP contribution >= 0.6 is 0 Å². The van der Waals surface area contributed by atoms with Crippen LogP contribution in [0.4, 0.5) is 11.4 Å². The Morgan fingerprint density at radius 2 is 1.86 bits per heavy atom. The molecule has 0 bridgehead atoms. The summed E-state index contributed by atoms with van der Waals surface area (Å²) in [5.41, 5.74) is 9.18. The number of hydrogen-bond donors (Lipinski definition) is 2. The fourth-order valence-electron chi connectivity index (χ4n) is 2.09. The summed E-state index contributed by atoms with van der Waals surface area (Å²) in [6, 6.07) is 12.5. The van der Waals surface area contributed by atoms with Crippen LogP contribution in [0.25, 0.3) is 11.1 Å². The van der Waals surface area contributed by atoms with Crippen LogP contribution in [-0.2, 0) is 9.53 Å². The Kier molecular flexibility index (Phi) is 4.78. The zero-order valence-electron chi connectivity index (χ0n) is 12.6. The number of anilines is 2. The van der Waals surface area contributed by atoms with Crippen LogP contribution in [-0.4, -0.2) is 18.5 Å². The number of esters is 1. The normalized spacial score (nSPS) is 10.1. The Morgan fingerprint density at radius 3 is 2.50 bits per heavy atom. The Balaban J connectivity index is 2.32. The molecular formula is C17H18N2O3. The van der Waals surface area contributed by atoms with E-state index >= 15 is 0 Å². The molecule has 0 aromatic heterocycles. The molecular weight excluding hydrogens is 280 g/mol. The van der Waals surface area contributed by atoms with Gasteiger partial charge in [0.25, 0.3) is 0 Å². The van der Waals surface area contributed by atoms with E-state index < -0.39 is 0 Å². The lowest BCUT2D eigenvalue weighted by molar-refractivity contribution is -0.114. The van der Waals surface area contributed by atoms with Crippen molar-refractivity contribution in [3.05, 3.63) is 48.0 Å². The summed E-state index contributed by atoms with van der Waals surface area (Å²) in [6.07, 6.45) is 0. The first-order valence-electron chi connectivity index (χ1n) is 6.96. The Labute approximate surface area is 129 Å². The number of ether oxygens (including phenoxy) is 1. The van der Waals surface area contributed by atoms with Gasteiger partial charge in [-0.05, 0) is 42.3 Å². The van der Waals surface area contributed by atoms with Crippen molar-refractivity contribution >= 4 is 23.3 Å². The Morgan fingerprint density at radius 1 is 1.14 bits per heavy atom. The monoisotopic (exact) mass is 298 g/mol. The minimum absolute atomic E-state index is 0.177. The maximum atomic E-state index is 11.8. The van der Waals surface area contributed by atoms with Crippen LogP contribution in [0.2, 0.25) is 0 Å². The molecule has 2 aromatic rings. The second-order valence-corrected chi connectivity index (χ2v) is 4.78. The third-order valence-corrected chi connectivity index (χ3v) is 3.07. The first-order chi connectivity index (χ1) is 10.5. The lowest BCUT2D eigenvalue weighted by atomic mass is 10.0. The lowest BCUT2D eigenvalue weighted by Crippen LogP contribution is -2.08. The predicted octanol–water partition coefficient (Wildman–Crippen LogP) is 3.07. The molecule has 0 spiro atoms. The molecule has 0 aliphatic carbocycles. The molecule has 0 saturated heterocycles. The highest BCUT2D eigenvalue weighted by molar-refractivity contribution is 5.94. The summed E-state index contributed by atoms with van der Waals surface area (Å²) in [5, 5.41) is 2.66. The number of nitrogen functional groups attached to an aromatic ring is 1. The first-order valence-corrected chi connectivity index (χ1v) is 6.96. The van der Waals surface area contributed by atoms with Crippen LogP contribution in [0.1, 0.15) is 24.2 Å². The van der Waals surface area contributed by atoms with Gasteiger partial charge < -0.3 is 15.8 Å². The zero-order valence-corrected chi connectivity index (χ0v) is 12.6. The van der Waals surface area contributed by atoms with Crippen molar-refractivity contribution in [1.82, 2.24) is 0 Å². The van der Waals surface area contributed by atoms with Crippen molar-refractivity contribution in [3.63, 3.8) is 0 Å². The van der Waals surface area contributed by atoms with Gasteiger partial charge in [-0.25, -0.2) is 4.79 Å². The molecule has 5 nitrogen and oxygen atoms in total. The average molecular weight is 298 g/mol. The van der Waals surface area contributed by atoms with E-state index in [0.717, 1.165) is 11.1 Å². The zero-order chi connectivity index (χ0) is 16.1. The van der Waals surface area contributed by atoms with Crippen LogP contribution < -0.4 is 11.1 Å². The molecule has 1 amide bonds. The number of amides is 1. The van der Waals surface area contributed by atoms with Gasteiger partial charge >= 0.3 is 5.97 Å². The molecule has 2 aromatic carbocycles. The first kappa shape index (κ1) is 15.6. The summed E-state index contributed by atoms with van der Waals surface area (Å²) in [5.74, 6) is -0.532. The summed E-state index contributed by atoms with van der Waals surface area (Å²) < 4.78 is 4.99. The molecule has 22 heavy (non-hydrogen) atoms. The highest BCUT2D eigenvalue weighted by Crippen LogP contribution is 2.27. The topological polar surface area (TPSA) is 81.4 Å². The fourth-order valence-corrected chi connectivity index (χ4v) is 2.09. The fraction of sp³-hybridized carbons (Fsp3) is 0.176. The van der Waals surface area contributed by atoms with Crippen molar-refractivity contribution in [3.8, 4) is 11.1 Å². The summed E-state index contributed by atoms with van der Waals surface area (Å²) in [4.78, 5) is 22.9. The SMILES string of the molecule is CCOC(=O)c1cccc(-c2ccc(NC(C)=O)c(N)c2)c1. The molecule has 114 valence electrons. The molecule has 0 heterocycles. The van der Waals surface area contributed by atoms with E-state index in [1.807, 2.05) is 12.1 Å². The second kappa shape index (κ2) is 6.76. The van der Waals surface area contributed by atoms with Gasteiger partial charge in [-0.15, -0.1) is 0 Å². The van der Waals surface area contributed by atoms with Gasteiger partial charge in [0, 0.05) is 6.92 Å². The third kappa shape index (κ3) is 3.63. The smallest absolute Gasteiger partial charge is 0.338 e. The number of rotatable bonds is 4. The van der Waals surface area contributed by atoms with Gasteiger partial charge in [-0.1, -0.05) is 18.2 Å². The van der Waals surface area contributed by atoms with Crippen molar-refractivity contribution < 1.29 is 14.3 Å². The van der Waals surface area contributed by atoms with Gasteiger partial charge in [0.1, 0.15) is 0 Å². The summed E-state index contributed by atoms with van der Waals surface area (Å²) in [6.45, 7) is 3.53. The second-order valence-electron chi connectivity index (χ2n) is 4.78. The number of benzene rings is 2. The predicted molar refractivity (Wildman–Crippen MR) is 86.6 cm³/mol. The molecule has 2 rings (SSSR count). The molecule has 3 N–H and O–H groups in total. The maximum Gasteiger partial charge on any atom is 0.338 e. The van der Waals surface area contributed by atoms with Crippen molar-refractivity contribution in [2.75, 3.05) is 17.7 Å². The van der Waals surface area contributed by atoms with E-state index in [-0.39, 0.29) is 11.9 Å². The number of nitrogens with two attached hydrogens (primary N) is 1.